The second-order valence-corrected chi connectivity index (χ2v) is 4.83. The van der Waals surface area contributed by atoms with Crippen molar-refractivity contribution in [3.63, 3.8) is 0 Å². The van der Waals surface area contributed by atoms with Crippen molar-refractivity contribution in [1.82, 2.24) is 0 Å². The molecule has 2 N–H and O–H groups in total. The highest BCUT2D eigenvalue weighted by Gasteiger charge is 2.39. The van der Waals surface area contributed by atoms with E-state index >= 15 is 0 Å². The molecule has 0 saturated carbocycles. The van der Waals surface area contributed by atoms with Crippen molar-refractivity contribution in [2.24, 2.45) is 11.7 Å². The summed E-state index contributed by atoms with van der Waals surface area (Å²) in [6, 6.07) is 0. The van der Waals surface area contributed by atoms with Gasteiger partial charge in [-0.2, -0.15) is 0 Å². The molecule has 1 saturated heterocycles. The molecule has 0 bridgehead atoms. The van der Waals surface area contributed by atoms with Crippen molar-refractivity contribution in [3.05, 3.63) is 12.2 Å². The highest BCUT2D eigenvalue weighted by molar-refractivity contribution is 5.09. The maximum atomic E-state index is 6.06. The van der Waals surface area contributed by atoms with E-state index in [-0.39, 0.29) is 5.54 Å². The van der Waals surface area contributed by atoms with Gasteiger partial charge in [0.05, 0.1) is 13.2 Å². The third-order valence-electron chi connectivity index (χ3n) is 3.12. The summed E-state index contributed by atoms with van der Waals surface area (Å²) in [5, 5.41) is 0. The molecule has 0 aromatic carbocycles. The van der Waals surface area contributed by atoms with Crippen LogP contribution in [0.4, 0.5) is 0 Å². The third-order valence-corrected chi connectivity index (χ3v) is 3.12. The van der Waals surface area contributed by atoms with Crippen molar-refractivity contribution >= 4 is 0 Å². The van der Waals surface area contributed by atoms with Crippen LogP contribution in [0, 0.1) is 5.92 Å². The van der Waals surface area contributed by atoms with Crippen molar-refractivity contribution in [1.29, 1.82) is 0 Å². The molecule has 1 spiro atoms. The predicted molar refractivity (Wildman–Crippen MR) is 54.8 cm³/mol. The van der Waals surface area contributed by atoms with E-state index in [9.17, 15) is 0 Å². The summed E-state index contributed by atoms with van der Waals surface area (Å²) < 4.78 is 11.2. The summed E-state index contributed by atoms with van der Waals surface area (Å²) in [6.07, 6.45) is 6.16. The molecule has 1 aliphatic carbocycles. The Bertz CT molecular complexity index is 236. The van der Waals surface area contributed by atoms with Gasteiger partial charge in [0.2, 0.25) is 0 Å². The predicted octanol–water partition coefficient (Wildman–Crippen LogP) is 1.43. The quantitative estimate of drug-likeness (QED) is 0.647. The van der Waals surface area contributed by atoms with Gasteiger partial charge in [0.1, 0.15) is 0 Å². The molecular weight excluding hydrogens is 178 g/mol. The van der Waals surface area contributed by atoms with Gasteiger partial charge >= 0.3 is 0 Å². The van der Waals surface area contributed by atoms with E-state index in [1.165, 1.54) is 0 Å². The maximum absolute atomic E-state index is 6.06. The minimum absolute atomic E-state index is 0.142. The van der Waals surface area contributed by atoms with Gasteiger partial charge in [-0.3, -0.25) is 0 Å². The molecule has 0 aromatic heterocycles. The molecule has 1 fully saturated rings. The zero-order chi connectivity index (χ0) is 10.2. The summed E-state index contributed by atoms with van der Waals surface area (Å²) in [7, 11) is 0. The van der Waals surface area contributed by atoms with Crippen molar-refractivity contribution in [3.8, 4) is 0 Å². The fourth-order valence-electron chi connectivity index (χ4n) is 2.13. The summed E-state index contributed by atoms with van der Waals surface area (Å²) >= 11 is 0. The molecule has 1 aliphatic heterocycles. The summed E-state index contributed by atoms with van der Waals surface area (Å²) in [5.74, 6) is 0.0165. The SMILES string of the molecule is CC(C)(N)C1C=CC2(CC1)OCCO2. The Hall–Kier alpha value is -0.380. The number of rotatable bonds is 1. The second kappa shape index (κ2) is 3.33. The summed E-state index contributed by atoms with van der Waals surface area (Å²) in [4.78, 5) is 0. The fraction of sp³-hybridized carbons (Fsp3) is 0.818. The Morgan fingerprint density at radius 1 is 1.36 bits per heavy atom. The van der Waals surface area contributed by atoms with E-state index < -0.39 is 5.79 Å². The van der Waals surface area contributed by atoms with E-state index in [0.29, 0.717) is 19.1 Å². The highest BCUT2D eigenvalue weighted by Crippen LogP contribution is 2.36. The molecule has 3 heteroatoms. The zero-order valence-electron chi connectivity index (χ0n) is 8.95. The number of hydrogen-bond donors (Lipinski definition) is 1. The topological polar surface area (TPSA) is 44.5 Å². The van der Waals surface area contributed by atoms with Crippen LogP contribution in [0.1, 0.15) is 26.7 Å². The lowest BCUT2D eigenvalue weighted by Gasteiger charge is -2.35. The summed E-state index contributed by atoms with van der Waals surface area (Å²) in [6.45, 7) is 5.55. The van der Waals surface area contributed by atoms with Crippen LogP contribution in [0.25, 0.3) is 0 Å². The Balaban J connectivity index is 2.06. The lowest BCUT2D eigenvalue weighted by Crippen LogP contribution is -2.43. The highest BCUT2D eigenvalue weighted by atomic mass is 16.7. The van der Waals surface area contributed by atoms with Gasteiger partial charge in [0.15, 0.2) is 5.79 Å². The monoisotopic (exact) mass is 197 g/mol. The van der Waals surface area contributed by atoms with Gasteiger partial charge < -0.3 is 15.2 Å². The van der Waals surface area contributed by atoms with Crippen LogP contribution >= 0.6 is 0 Å². The van der Waals surface area contributed by atoms with Gasteiger partial charge in [0.25, 0.3) is 0 Å². The van der Waals surface area contributed by atoms with Crippen LogP contribution in [-0.2, 0) is 9.47 Å². The van der Waals surface area contributed by atoms with E-state index in [4.69, 9.17) is 15.2 Å². The smallest absolute Gasteiger partial charge is 0.188 e. The minimum atomic E-state index is -0.415. The molecule has 1 unspecified atom stereocenters. The van der Waals surface area contributed by atoms with Crippen LogP contribution in [0.2, 0.25) is 0 Å². The van der Waals surface area contributed by atoms with Crippen LogP contribution in [-0.4, -0.2) is 24.5 Å². The number of ether oxygens (including phenoxy) is 2. The lowest BCUT2D eigenvalue weighted by atomic mass is 9.80. The van der Waals surface area contributed by atoms with E-state index in [1.807, 2.05) is 6.08 Å². The first-order valence-electron chi connectivity index (χ1n) is 5.28. The van der Waals surface area contributed by atoms with Crippen LogP contribution in [0.5, 0.6) is 0 Å². The molecule has 3 nitrogen and oxygen atoms in total. The van der Waals surface area contributed by atoms with Crippen molar-refractivity contribution in [2.45, 2.75) is 38.0 Å². The Morgan fingerprint density at radius 3 is 2.43 bits per heavy atom. The molecule has 1 atom stereocenters. The lowest BCUT2D eigenvalue weighted by molar-refractivity contribution is -0.128. The molecule has 2 aliphatic rings. The Kier molecular flexibility index (Phi) is 2.41. The average Bonchev–Trinajstić information content (AvgIpc) is 2.53. The van der Waals surface area contributed by atoms with Gasteiger partial charge in [-0.1, -0.05) is 6.08 Å². The largest absolute Gasteiger partial charge is 0.344 e. The molecule has 1 heterocycles. The minimum Gasteiger partial charge on any atom is -0.344 e. The average molecular weight is 197 g/mol. The molecule has 14 heavy (non-hydrogen) atoms. The molecule has 0 aromatic rings. The number of hydrogen-bond acceptors (Lipinski definition) is 3. The van der Waals surface area contributed by atoms with Gasteiger partial charge in [-0.15, -0.1) is 0 Å². The van der Waals surface area contributed by atoms with Gasteiger partial charge in [0, 0.05) is 12.0 Å². The zero-order valence-corrected chi connectivity index (χ0v) is 8.95. The summed E-state index contributed by atoms with van der Waals surface area (Å²) in [5.41, 5.74) is 5.92. The molecule has 2 rings (SSSR count). The standard InChI is InChI=1S/C11H19NO2/c1-10(2,12)9-3-5-11(6-4-9)13-7-8-14-11/h3,5,9H,4,6-8,12H2,1-2H3. The van der Waals surface area contributed by atoms with Crippen LogP contribution in [0.3, 0.4) is 0 Å². The molecular formula is C11H19NO2. The van der Waals surface area contributed by atoms with Crippen LogP contribution < -0.4 is 5.73 Å². The van der Waals surface area contributed by atoms with Crippen LogP contribution in [0.15, 0.2) is 12.2 Å². The fourth-order valence-corrected chi connectivity index (χ4v) is 2.13. The Morgan fingerprint density at radius 2 is 2.00 bits per heavy atom. The molecule has 80 valence electrons. The van der Waals surface area contributed by atoms with E-state index in [2.05, 4.69) is 19.9 Å². The number of nitrogens with two attached hydrogens (primary N) is 1. The first-order chi connectivity index (χ1) is 6.52. The van der Waals surface area contributed by atoms with Gasteiger partial charge in [-0.05, 0) is 32.3 Å². The molecule has 0 radical (unpaired) electrons. The first kappa shape index (κ1) is 10.1. The van der Waals surface area contributed by atoms with E-state index in [1.54, 1.807) is 0 Å². The van der Waals surface area contributed by atoms with E-state index in [0.717, 1.165) is 12.8 Å². The van der Waals surface area contributed by atoms with Crippen molar-refractivity contribution in [2.75, 3.05) is 13.2 Å². The first-order valence-corrected chi connectivity index (χ1v) is 5.28. The van der Waals surface area contributed by atoms with Gasteiger partial charge in [-0.25, -0.2) is 0 Å². The molecule has 0 amide bonds. The second-order valence-electron chi connectivity index (χ2n) is 4.83. The normalized spacial score (nSPS) is 31.2. The van der Waals surface area contributed by atoms with Crippen molar-refractivity contribution < 1.29 is 9.47 Å². The third kappa shape index (κ3) is 1.85. The Labute approximate surface area is 85.3 Å². The maximum Gasteiger partial charge on any atom is 0.188 e.